The molecule has 0 saturated carbocycles. The Bertz CT molecular complexity index is 281. The van der Waals surface area contributed by atoms with Gasteiger partial charge in [0.15, 0.2) is 11.6 Å². The molecule has 1 N–H and O–H groups in total. The van der Waals surface area contributed by atoms with E-state index in [1.807, 2.05) is 0 Å². The van der Waals surface area contributed by atoms with Crippen LogP contribution in [0.3, 0.4) is 0 Å². The maximum absolute atomic E-state index is 13.1. The van der Waals surface area contributed by atoms with E-state index in [-0.39, 0.29) is 5.82 Å². The molecule has 0 aromatic carbocycles. The lowest BCUT2D eigenvalue weighted by molar-refractivity contribution is 0.623. The lowest BCUT2D eigenvalue weighted by atomic mass is 10.2. The highest BCUT2D eigenvalue weighted by atomic mass is 79.9. The lowest BCUT2D eigenvalue weighted by Crippen LogP contribution is -2.09. The molecule has 1 aromatic rings. The minimum Gasteiger partial charge on any atom is -0.368 e. The van der Waals surface area contributed by atoms with E-state index in [9.17, 15) is 4.39 Å². The van der Waals surface area contributed by atoms with Crippen LogP contribution < -0.4 is 5.32 Å². The van der Waals surface area contributed by atoms with E-state index >= 15 is 0 Å². The maximum Gasteiger partial charge on any atom is 0.165 e. The average molecular weight is 261 g/mol. The summed E-state index contributed by atoms with van der Waals surface area (Å²) in [5.41, 5.74) is 0. The Morgan fingerprint density at radius 1 is 1.64 bits per heavy atom. The van der Waals surface area contributed by atoms with Crippen LogP contribution in [0.1, 0.15) is 19.8 Å². The van der Waals surface area contributed by atoms with E-state index in [1.165, 1.54) is 6.07 Å². The molecule has 1 atom stereocenters. The number of hydrogen-bond donors (Lipinski definition) is 1. The molecule has 78 valence electrons. The highest BCUT2D eigenvalue weighted by Crippen LogP contribution is 2.11. The molecular formula is C10H14BrFN2. The van der Waals surface area contributed by atoms with Gasteiger partial charge >= 0.3 is 0 Å². The van der Waals surface area contributed by atoms with Gasteiger partial charge < -0.3 is 5.32 Å². The smallest absolute Gasteiger partial charge is 0.165 e. The SMILES string of the molecule is CCC(Br)CCNc1ncccc1F. The zero-order valence-electron chi connectivity index (χ0n) is 8.13. The number of alkyl halides is 1. The number of hydrogen-bond acceptors (Lipinski definition) is 2. The van der Waals surface area contributed by atoms with Gasteiger partial charge in [0.2, 0.25) is 0 Å². The molecule has 1 rings (SSSR count). The van der Waals surface area contributed by atoms with Gasteiger partial charge in [-0.1, -0.05) is 22.9 Å². The lowest BCUT2D eigenvalue weighted by Gasteiger charge is -2.08. The third-order valence-electron chi connectivity index (χ3n) is 1.95. The summed E-state index contributed by atoms with van der Waals surface area (Å²) < 4.78 is 13.1. The molecule has 0 radical (unpaired) electrons. The molecule has 0 aliphatic heterocycles. The third-order valence-corrected chi connectivity index (χ3v) is 3.06. The molecule has 1 aromatic heterocycles. The summed E-state index contributed by atoms with van der Waals surface area (Å²) in [7, 11) is 0. The van der Waals surface area contributed by atoms with Crippen molar-refractivity contribution in [2.45, 2.75) is 24.6 Å². The van der Waals surface area contributed by atoms with Gasteiger partial charge in [-0.15, -0.1) is 0 Å². The first kappa shape index (κ1) is 11.4. The van der Waals surface area contributed by atoms with Gasteiger partial charge in [-0.05, 0) is 25.0 Å². The summed E-state index contributed by atoms with van der Waals surface area (Å²) in [6, 6.07) is 2.99. The summed E-state index contributed by atoms with van der Waals surface area (Å²) in [5, 5.41) is 2.96. The quantitative estimate of drug-likeness (QED) is 0.823. The van der Waals surface area contributed by atoms with E-state index in [2.05, 4.69) is 33.2 Å². The Morgan fingerprint density at radius 3 is 3.07 bits per heavy atom. The van der Waals surface area contributed by atoms with Crippen molar-refractivity contribution in [3.8, 4) is 0 Å². The molecule has 0 spiro atoms. The van der Waals surface area contributed by atoms with Gasteiger partial charge in [-0.2, -0.15) is 0 Å². The van der Waals surface area contributed by atoms with E-state index in [1.54, 1.807) is 12.3 Å². The van der Waals surface area contributed by atoms with Crippen molar-refractivity contribution in [1.29, 1.82) is 0 Å². The summed E-state index contributed by atoms with van der Waals surface area (Å²) in [6.45, 7) is 2.85. The van der Waals surface area contributed by atoms with Crippen LogP contribution in [0.2, 0.25) is 0 Å². The minimum atomic E-state index is -0.296. The molecule has 0 bridgehead atoms. The van der Waals surface area contributed by atoms with Crippen molar-refractivity contribution in [3.05, 3.63) is 24.1 Å². The zero-order valence-corrected chi connectivity index (χ0v) is 9.72. The van der Waals surface area contributed by atoms with Crippen molar-refractivity contribution in [3.63, 3.8) is 0 Å². The maximum atomic E-state index is 13.1. The summed E-state index contributed by atoms with van der Waals surface area (Å²) >= 11 is 3.51. The van der Waals surface area contributed by atoms with Gasteiger partial charge in [-0.25, -0.2) is 9.37 Å². The number of nitrogens with one attached hydrogen (secondary N) is 1. The van der Waals surface area contributed by atoms with E-state index in [0.29, 0.717) is 10.6 Å². The van der Waals surface area contributed by atoms with E-state index in [0.717, 1.165) is 19.4 Å². The topological polar surface area (TPSA) is 24.9 Å². The van der Waals surface area contributed by atoms with E-state index in [4.69, 9.17) is 0 Å². The fourth-order valence-electron chi connectivity index (χ4n) is 1.07. The number of pyridine rings is 1. The molecule has 0 amide bonds. The van der Waals surface area contributed by atoms with Gasteiger partial charge in [0.25, 0.3) is 0 Å². The highest BCUT2D eigenvalue weighted by molar-refractivity contribution is 9.09. The highest BCUT2D eigenvalue weighted by Gasteiger charge is 2.03. The zero-order chi connectivity index (χ0) is 10.4. The van der Waals surface area contributed by atoms with Crippen LogP contribution in [0.15, 0.2) is 18.3 Å². The van der Waals surface area contributed by atoms with Crippen LogP contribution in [0, 0.1) is 5.82 Å². The molecule has 1 heterocycles. The third kappa shape index (κ3) is 3.62. The number of rotatable bonds is 5. The standard InChI is InChI=1S/C10H14BrFN2/c1-2-8(11)5-7-14-10-9(12)4-3-6-13-10/h3-4,6,8H,2,5,7H2,1H3,(H,13,14). The normalized spacial score (nSPS) is 12.5. The van der Waals surface area contributed by atoms with Crippen LogP contribution >= 0.6 is 15.9 Å². The predicted molar refractivity (Wildman–Crippen MR) is 60.3 cm³/mol. The molecule has 0 saturated heterocycles. The van der Waals surface area contributed by atoms with Gasteiger partial charge in [0, 0.05) is 17.6 Å². The van der Waals surface area contributed by atoms with Crippen molar-refractivity contribution in [1.82, 2.24) is 4.98 Å². The first-order valence-corrected chi connectivity index (χ1v) is 5.64. The number of halogens is 2. The number of nitrogens with zero attached hydrogens (tertiary/aromatic N) is 1. The summed E-state index contributed by atoms with van der Waals surface area (Å²) in [5.74, 6) is 0.0402. The monoisotopic (exact) mass is 260 g/mol. The molecule has 14 heavy (non-hydrogen) atoms. The number of aromatic nitrogens is 1. The van der Waals surface area contributed by atoms with Crippen LogP contribution in [0.25, 0.3) is 0 Å². The first-order chi connectivity index (χ1) is 6.74. The fraction of sp³-hybridized carbons (Fsp3) is 0.500. The van der Waals surface area contributed by atoms with Crippen molar-refractivity contribution >= 4 is 21.7 Å². The second-order valence-electron chi connectivity index (χ2n) is 3.05. The molecule has 0 fully saturated rings. The van der Waals surface area contributed by atoms with Crippen molar-refractivity contribution in [2.24, 2.45) is 0 Å². The molecular weight excluding hydrogens is 247 g/mol. The molecule has 2 nitrogen and oxygen atoms in total. The van der Waals surface area contributed by atoms with Crippen LogP contribution in [-0.2, 0) is 0 Å². The summed E-state index contributed by atoms with van der Waals surface area (Å²) in [4.78, 5) is 4.39. The molecule has 1 unspecified atom stereocenters. The Hall–Kier alpha value is -0.640. The van der Waals surface area contributed by atoms with Crippen LogP contribution in [0.5, 0.6) is 0 Å². The van der Waals surface area contributed by atoms with Crippen LogP contribution in [0.4, 0.5) is 10.2 Å². The number of anilines is 1. The van der Waals surface area contributed by atoms with Crippen LogP contribution in [-0.4, -0.2) is 16.4 Å². The predicted octanol–water partition coefficient (Wildman–Crippen LogP) is 3.20. The van der Waals surface area contributed by atoms with Crippen molar-refractivity contribution < 1.29 is 4.39 Å². The van der Waals surface area contributed by atoms with Gasteiger partial charge in [0.1, 0.15) is 0 Å². The van der Waals surface area contributed by atoms with Crippen molar-refractivity contribution in [2.75, 3.05) is 11.9 Å². The Kier molecular flexibility index (Phi) is 4.87. The summed E-state index contributed by atoms with van der Waals surface area (Å²) in [6.07, 6.45) is 3.62. The van der Waals surface area contributed by atoms with Gasteiger partial charge in [0.05, 0.1) is 0 Å². The second-order valence-corrected chi connectivity index (χ2v) is 4.35. The Balaban J connectivity index is 2.35. The molecule has 4 heteroatoms. The average Bonchev–Trinajstić information content (AvgIpc) is 2.20. The molecule has 0 aliphatic rings. The molecule has 0 aliphatic carbocycles. The second kappa shape index (κ2) is 5.96. The van der Waals surface area contributed by atoms with Gasteiger partial charge in [-0.3, -0.25) is 0 Å². The largest absolute Gasteiger partial charge is 0.368 e. The fourth-order valence-corrected chi connectivity index (χ4v) is 1.30. The first-order valence-electron chi connectivity index (χ1n) is 4.72. The Labute approximate surface area is 92.1 Å². The van der Waals surface area contributed by atoms with E-state index < -0.39 is 0 Å². The Morgan fingerprint density at radius 2 is 2.43 bits per heavy atom. The minimum absolute atomic E-state index is 0.296.